The molecule has 0 fully saturated rings. The van der Waals surface area contributed by atoms with Gasteiger partial charge in [0.2, 0.25) is 10.0 Å². The lowest BCUT2D eigenvalue weighted by Crippen LogP contribution is -2.25. The predicted octanol–water partition coefficient (Wildman–Crippen LogP) is 1.90. The number of primary sulfonamides is 1. The maximum Gasteiger partial charge on any atom is 0.407 e. The third kappa shape index (κ3) is 6.09. The lowest BCUT2D eigenvalue weighted by atomic mass is 10.1. The molecule has 0 aliphatic heterocycles. The van der Waals surface area contributed by atoms with E-state index in [1.54, 1.807) is 24.3 Å². The van der Waals surface area contributed by atoms with Crippen LogP contribution < -0.4 is 10.5 Å². The Morgan fingerprint density at radius 3 is 2.26 bits per heavy atom. The number of ether oxygens (including phenoxy) is 1. The van der Waals surface area contributed by atoms with E-state index in [0.29, 0.717) is 11.1 Å². The van der Waals surface area contributed by atoms with Crippen molar-refractivity contribution in [2.24, 2.45) is 5.14 Å². The highest BCUT2D eigenvalue weighted by Gasteiger charge is 2.10. The summed E-state index contributed by atoms with van der Waals surface area (Å²) in [5.74, 6) is -0.274. The highest BCUT2D eigenvalue weighted by molar-refractivity contribution is 7.88. The minimum absolute atomic E-state index is 0.166. The average molecular weight is 334 g/mol. The molecule has 122 valence electrons. The van der Waals surface area contributed by atoms with Crippen molar-refractivity contribution in [2.45, 2.75) is 18.9 Å². The monoisotopic (exact) mass is 334 g/mol. The number of hydrogen-bond acceptors (Lipinski definition) is 4. The van der Waals surface area contributed by atoms with Crippen LogP contribution in [-0.4, -0.2) is 14.5 Å². The van der Waals surface area contributed by atoms with Crippen LogP contribution in [0.4, 0.5) is 4.79 Å². The Kier molecular flexibility index (Phi) is 5.72. The van der Waals surface area contributed by atoms with Crippen LogP contribution in [0.15, 0.2) is 54.6 Å². The van der Waals surface area contributed by atoms with Crippen LogP contribution in [0.1, 0.15) is 16.7 Å². The van der Waals surface area contributed by atoms with Gasteiger partial charge >= 0.3 is 6.09 Å². The molecule has 2 aromatic rings. The van der Waals surface area contributed by atoms with Crippen LogP contribution in [0, 0.1) is 0 Å². The fourth-order valence-electron chi connectivity index (χ4n) is 2.03. The summed E-state index contributed by atoms with van der Waals surface area (Å²) in [7, 11) is -3.63. The molecule has 0 radical (unpaired) electrons. The molecule has 0 atom stereocenters. The number of carbonyl (C=O) groups is 1. The van der Waals surface area contributed by atoms with Gasteiger partial charge in [-0.15, -0.1) is 0 Å². The molecule has 0 bridgehead atoms. The maximum atomic E-state index is 11.7. The third-order valence-corrected chi connectivity index (χ3v) is 3.82. The van der Waals surface area contributed by atoms with Crippen LogP contribution in [-0.2, 0) is 33.7 Å². The van der Waals surface area contributed by atoms with Gasteiger partial charge in [-0.1, -0.05) is 54.6 Å². The quantitative estimate of drug-likeness (QED) is 0.843. The van der Waals surface area contributed by atoms with Gasteiger partial charge in [-0.05, 0) is 16.7 Å². The summed E-state index contributed by atoms with van der Waals surface area (Å²) in [4.78, 5) is 11.7. The molecular weight excluding hydrogens is 316 g/mol. The number of nitrogens with one attached hydrogen (secondary N) is 1. The zero-order valence-electron chi connectivity index (χ0n) is 12.4. The van der Waals surface area contributed by atoms with Gasteiger partial charge < -0.3 is 10.1 Å². The summed E-state index contributed by atoms with van der Waals surface area (Å²) in [6.45, 7) is 0.338. The van der Waals surface area contributed by atoms with E-state index in [2.05, 4.69) is 5.32 Å². The largest absolute Gasteiger partial charge is 0.445 e. The van der Waals surface area contributed by atoms with E-state index in [0.717, 1.165) is 5.56 Å². The Morgan fingerprint density at radius 2 is 1.61 bits per heavy atom. The maximum absolute atomic E-state index is 11.7. The van der Waals surface area contributed by atoms with Crippen LogP contribution in [0.25, 0.3) is 0 Å². The second-order valence-electron chi connectivity index (χ2n) is 4.99. The number of rotatable bonds is 6. The standard InChI is InChI=1S/C16H18N2O4S/c17-23(20,21)12-15-9-5-4-8-14(15)10-18-16(19)22-11-13-6-2-1-3-7-13/h1-9H,10-12H2,(H,18,19)(H2,17,20,21). The first-order chi connectivity index (χ1) is 10.9. The molecule has 0 spiro atoms. The van der Waals surface area contributed by atoms with Crippen molar-refractivity contribution in [1.29, 1.82) is 0 Å². The van der Waals surface area contributed by atoms with Crippen LogP contribution >= 0.6 is 0 Å². The Balaban J connectivity index is 1.89. The summed E-state index contributed by atoms with van der Waals surface area (Å²) in [5, 5.41) is 7.66. The van der Waals surface area contributed by atoms with Gasteiger partial charge in [0.25, 0.3) is 0 Å². The molecule has 0 unspecified atom stereocenters. The van der Waals surface area contributed by atoms with Crippen LogP contribution in [0.3, 0.4) is 0 Å². The number of hydrogen-bond donors (Lipinski definition) is 2. The molecule has 0 aliphatic carbocycles. The number of benzene rings is 2. The van der Waals surface area contributed by atoms with E-state index in [-0.39, 0.29) is 18.9 Å². The van der Waals surface area contributed by atoms with Crippen molar-refractivity contribution >= 4 is 16.1 Å². The first-order valence-electron chi connectivity index (χ1n) is 6.96. The fourth-order valence-corrected chi connectivity index (χ4v) is 2.74. The first-order valence-corrected chi connectivity index (χ1v) is 8.67. The highest BCUT2D eigenvalue weighted by atomic mass is 32.2. The van der Waals surface area contributed by atoms with E-state index in [1.807, 2.05) is 30.3 Å². The first kappa shape index (κ1) is 17.0. The molecule has 3 N–H and O–H groups in total. The second-order valence-corrected chi connectivity index (χ2v) is 6.61. The Labute approximate surface area is 135 Å². The smallest absolute Gasteiger partial charge is 0.407 e. The molecule has 0 heterocycles. The summed E-state index contributed by atoms with van der Waals surface area (Å²) < 4.78 is 27.5. The highest BCUT2D eigenvalue weighted by Crippen LogP contribution is 2.11. The number of alkyl carbamates (subject to hydrolysis) is 1. The van der Waals surface area contributed by atoms with Crippen molar-refractivity contribution in [2.75, 3.05) is 0 Å². The third-order valence-electron chi connectivity index (χ3n) is 3.11. The average Bonchev–Trinajstić information content (AvgIpc) is 2.51. The van der Waals surface area contributed by atoms with Gasteiger partial charge in [-0.3, -0.25) is 0 Å². The Bertz CT molecular complexity index is 761. The Hall–Kier alpha value is -2.38. The van der Waals surface area contributed by atoms with E-state index < -0.39 is 16.1 Å². The molecule has 2 aromatic carbocycles. The predicted molar refractivity (Wildman–Crippen MR) is 86.7 cm³/mol. The number of nitrogens with two attached hydrogens (primary N) is 1. The van der Waals surface area contributed by atoms with Gasteiger partial charge in [0.15, 0.2) is 0 Å². The number of carbonyl (C=O) groups excluding carboxylic acids is 1. The summed E-state index contributed by atoms with van der Waals surface area (Å²) in [5.41, 5.74) is 2.12. The topological polar surface area (TPSA) is 98.5 Å². The summed E-state index contributed by atoms with van der Waals surface area (Å²) >= 11 is 0. The van der Waals surface area contributed by atoms with Gasteiger partial charge in [-0.2, -0.15) is 0 Å². The van der Waals surface area contributed by atoms with Gasteiger partial charge in [0.05, 0.1) is 5.75 Å². The van der Waals surface area contributed by atoms with Crippen molar-refractivity contribution < 1.29 is 17.9 Å². The molecule has 0 saturated heterocycles. The van der Waals surface area contributed by atoms with Crippen LogP contribution in [0.5, 0.6) is 0 Å². The summed E-state index contributed by atoms with van der Waals surface area (Å²) in [6.07, 6.45) is -0.570. The van der Waals surface area contributed by atoms with Gasteiger partial charge in [0, 0.05) is 6.54 Å². The molecule has 1 amide bonds. The minimum Gasteiger partial charge on any atom is -0.445 e. The molecule has 2 rings (SSSR count). The van der Waals surface area contributed by atoms with Crippen molar-refractivity contribution in [3.8, 4) is 0 Å². The minimum atomic E-state index is -3.63. The lowest BCUT2D eigenvalue weighted by Gasteiger charge is -2.10. The van der Waals surface area contributed by atoms with Crippen LogP contribution in [0.2, 0.25) is 0 Å². The zero-order valence-corrected chi connectivity index (χ0v) is 13.3. The summed E-state index contributed by atoms with van der Waals surface area (Å²) in [6, 6.07) is 16.2. The normalized spacial score (nSPS) is 11.0. The molecule has 23 heavy (non-hydrogen) atoms. The van der Waals surface area contributed by atoms with E-state index in [4.69, 9.17) is 9.88 Å². The second kappa shape index (κ2) is 7.75. The zero-order chi connectivity index (χ0) is 16.7. The molecular formula is C16H18N2O4S. The Morgan fingerprint density at radius 1 is 1.00 bits per heavy atom. The van der Waals surface area contributed by atoms with E-state index in [9.17, 15) is 13.2 Å². The fraction of sp³-hybridized carbons (Fsp3) is 0.188. The lowest BCUT2D eigenvalue weighted by molar-refractivity contribution is 0.139. The molecule has 0 saturated carbocycles. The van der Waals surface area contributed by atoms with Crippen molar-refractivity contribution in [1.82, 2.24) is 5.32 Å². The molecule has 7 heteroatoms. The van der Waals surface area contributed by atoms with Crippen molar-refractivity contribution in [3.05, 3.63) is 71.3 Å². The van der Waals surface area contributed by atoms with Crippen molar-refractivity contribution in [3.63, 3.8) is 0 Å². The van der Waals surface area contributed by atoms with Gasteiger partial charge in [0.1, 0.15) is 6.61 Å². The SMILES string of the molecule is NS(=O)(=O)Cc1ccccc1CNC(=O)OCc1ccccc1. The molecule has 0 aromatic heterocycles. The van der Waals surface area contributed by atoms with E-state index in [1.165, 1.54) is 0 Å². The van der Waals surface area contributed by atoms with Gasteiger partial charge in [-0.25, -0.2) is 18.4 Å². The molecule has 6 nitrogen and oxygen atoms in total. The number of amides is 1. The number of sulfonamides is 1. The molecule has 0 aliphatic rings. The van der Waals surface area contributed by atoms with E-state index >= 15 is 0 Å².